The molecule has 0 unspecified atom stereocenters. The molecule has 0 aromatic heterocycles. The number of nitrogens with zero attached hydrogens (tertiary/aromatic N) is 1. The third-order valence-corrected chi connectivity index (χ3v) is 4.83. The Hall–Kier alpha value is -1.39. The summed E-state index contributed by atoms with van der Waals surface area (Å²) in [6.45, 7) is 3.56. The lowest BCUT2D eigenvalue weighted by molar-refractivity contribution is -0.131. The molecule has 4 nitrogen and oxygen atoms in total. The van der Waals surface area contributed by atoms with E-state index >= 15 is 0 Å². The van der Waals surface area contributed by atoms with Crippen molar-refractivity contribution in [2.45, 2.75) is 25.2 Å². The van der Waals surface area contributed by atoms with E-state index in [2.05, 4.69) is 24.3 Å². The molecular weight excluding hydrogens is 276 g/mol. The van der Waals surface area contributed by atoms with Gasteiger partial charge in [-0.25, -0.2) is 0 Å². The summed E-state index contributed by atoms with van der Waals surface area (Å²) in [7, 11) is 0. The van der Waals surface area contributed by atoms with Gasteiger partial charge in [-0.1, -0.05) is 30.3 Å². The van der Waals surface area contributed by atoms with Gasteiger partial charge in [0.2, 0.25) is 5.91 Å². The molecule has 1 aromatic rings. The predicted molar refractivity (Wildman–Crippen MR) is 86.5 cm³/mol. The molecule has 1 amide bonds. The normalized spacial score (nSPS) is 24.7. The Kier molecular flexibility index (Phi) is 5.11. The molecule has 4 heteroatoms. The third kappa shape index (κ3) is 3.87. The second-order valence-corrected chi connectivity index (χ2v) is 6.58. The van der Waals surface area contributed by atoms with Crippen LogP contribution in [0.15, 0.2) is 30.3 Å². The first kappa shape index (κ1) is 15.5. The maximum Gasteiger partial charge on any atom is 0.224 e. The Morgan fingerprint density at radius 1 is 1.23 bits per heavy atom. The lowest BCUT2D eigenvalue weighted by Gasteiger charge is -2.17. The number of hydrogen-bond donors (Lipinski definition) is 1. The van der Waals surface area contributed by atoms with E-state index in [0.717, 1.165) is 25.6 Å². The molecule has 120 valence electrons. The van der Waals surface area contributed by atoms with Gasteiger partial charge in [0.25, 0.3) is 0 Å². The zero-order valence-electron chi connectivity index (χ0n) is 13.1. The lowest BCUT2D eigenvalue weighted by atomic mass is 9.89. The zero-order chi connectivity index (χ0) is 15.4. The van der Waals surface area contributed by atoms with Crippen molar-refractivity contribution in [2.75, 3.05) is 32.8 Å². The van der Waals surface area contributed by atoms with Crippen LogP contribution in [0.1, 0.15) is 30.7 Å². The van der Waals surface area contributed by atoms with Crippen LogP contribution in [0.5, 0.6) is 0 Å². The van der Waals surface area contributed by atoms with Gasteiger partial charge in [-0.2, -0.15) is 0 Å². The SMILES string of the molecule is NC[C@@H]1CN(C(=O)CCOCC2CC2)C[C@H]1c1ccccc1. The van der Waals surface area contributed by atoms with E-state index in [0.29, 0.717) is 31.4 Å². The topological polar surface area (TPSA) is 55.6 Å². The monoisotopic (exact) mass is 302 g/mol. The Morgan fingerprint density at radius 3 is 2.68 bits per heavy atom. The first-order valence-corrected chi connectivity index (χ1v) is 8.38. The number of benzene rings is 1. The van der Waals surface area contributed by atoms with Gasteiger partial charge in [0.05, 0.1) is 13.0 Å². The Balaban J connectivity index is 1.50. The highest BCUT2D eigenvalue weighted by atomic mass is 16.5. The average Bonchev–Trinajstić information content (AvgIpc) is 3.28. The second kappa shape index (κ2) is 7.25. The van der Waals surface area contributed by atoms with Crippen LogP contribution in [0.25, 0.3) is 0 Å². The van der Waals surface area contributed by atoms with Crippen molar-refractivity contribution < 1.29 is 9.53 Å². The number of nitrogens with two attached hydrogens (primary N) is 1. The Morgan fingerprint density at radius 2 is 2.00 bits per heavy atom. The largest absolute Gasteiger partial charge is 0.381 e. The lowest BCUT2D eigenvalue weighted by Crippen LogP contribution is -2.30. The highest BCUT2D eigenvalue weighted by Gasteiger charge is 2.34. The maximum atomic E-state index is 12.3. The number of amides is 1. The number of likely N-dealkylation sites (tertiary alicyclic amines) is 1. The van der Waals surface area contributed by atoms with Gasteiger partial charge < -0.3 is 15.4 Å². The first-order valence-electron chi connectivity index (χ1n) is 8.38. The molecule has 2 atom stereocenters. The van der Waals surface area contributed by atoms with Crippen molar-refractivity contribution in [1.82, 2.24) is 4.90 Å². The molecule has 0 spiro atoms. The summed E-state index contributed by atoms with van der Waals surface area (Å²) >= 11 is 0. The number of ether oxygens (including phenoxy) is 1. The molecule has 3 rings (SSSR count). The summed E-state index contributed by atoms with van der Waals surface area (Å²) in [6, 6.07) is 10.4. The number of carbonyl (C=O) groups excluding carboxylic acids is 1. The molecule has 2 aliphatic rings. The van der Waals surface area contributed by atoms with Crippen molar-refractivity contribution in [3.05, 3.63) is 35.9 Å². The number of carbonyl (C=O) groups is 1. The highest BCUT2D eigenvalue weighted by Crippen LogP contribution is 2.32. The molecule has 1 aliphatic heterocycles. The molecule has 1 saturated carbocycles. The minimum absolute atomic E-state index is 0.202. The van der Waals surface area contributed by atoms with Gasteiger partial charge in [-0.3, -0.25) is 4.79 Å². The van der Waals surface area contributed by atoms with Gasteiger partial charge in [0.1, 0.15) is 0 Å². The van der Waals surface area contributed by atoms with Gasteiger partial charge in [-0.15, -0.1) is 0 Å². The minimum atomic E-state index is 0.202. The van der Waals surface area contributed by atoms with E-state index in [1.165, 1.54) is 18.4 Å². The number of rotatable bonds is 7. The van der Waals surface area contributed by atoms with Crippen molar-refractivity contribution in [1.29, 1.82) is 0 Å². The molecule has 0 bridgehead atoms. The quantitative estimate of drug-likeness (QED) is 0.784. The molecule has 1 aromatic carbocycles. The average molecular weight is 302 g/mol. The van der Waals surface area contributed by atoms with E-state index in [9.17, 15) is 4.79 Å². The van der Waals surface area contributed by atoms with Crippen molar-refractivity contribution in [2.24, 2.45) is 17.6 Å². The van der Waals surface area contributed by atoms with Crippen LogP contribution in [-0.2, 0) is 9.53 Å². The molecule has 2 N–H and O–H groups in total. The fraction of sp³-hybridized carbons (Fsp3) is 0.611. The fourth-order valence-corrected chi connectivity index (χ4v) is 3.24. The second-order valence-electron chi connectivity index (χ2n) is 6.58. The molecule has 1 saturated heterocycles. The van der Waals surface area contributed by atoms with Gasteiger partial charge in [0, 0.05) is 25.6 Å². The third-order valence-electron chi connectivity index (χ3n) is 4.83. The summed E-state index contributed by atoms with van der Waals surface area (Å²) < 4.78 is 5.58. The predicted octanol–water partition coefficient (Wildman–Crippen LogP) is 2.00. The molecular formula is C18H26N2O2. The molecule has 22 heavy (non-hydrogen) atoms. The Labute approximate surface area is 132 Å². The maximum absolute atomic E-state index is 12.3. The van der Waals surface area contributed by atoms with Gasteiger partial charge in [0.15, 0.2) is 0 Å². The van der Waals surface area contributed by atoms with Crippen molar-refractivity contribution in [3.8, 4) is 0 Å². The molecule has 1 heterocycles. The molecule has 1 aliphatic carbocycles. The molecule has 0 radical (unpaired) electrons. The summed E-state index contributed by atoms with van der Waals surface area (Å²) in [5.41, 5.74) is 7.21. The van der Waals surface area contributed by atoms with Crippen LogP contribution < -0.4 is 5.73 Å². The van der Waals surface area contributed by atoms with Crippen LogP contribution in [0, 0.1) is 11.8 Å². The summed E-state index contributed by atoms with van der Waals surface area (Å²) in [4.78, 5) is 14.3. The number of hydrogen-bond acceptors (Lipinski definition) is 3. The van der Waals surface area contributed by atoms with Crippen molar-refractivity contribution >= 4 is 5.91 Å². The van der Waals surface area contributed by atoms with E-state index in [4.69, 9.17) is 10.5 Å². The smallest absolute Gasteiger partial charge is 0.224 e. The highest BCUT2D eigenvalue weighted by molar-refractivity contribution is 5.76. The van der Waals surface area contributed by atoms with Crippen LogP contribution in [-0.4, -0.2) is 43.7 Å². The molecule has 2 fully saturated rings. The van der Waals surface area contributed by atoms with Crippen LogP contribution in [0.2, 0.25) is 0 Å². The summed E-state index contributed by atoms with van der Waals surface area (Å²) in [6.07, 6.45) is 3.07. The summed E-state index contributed by atoms with van der Waals surface area (Å²) in [5, 5.41) is 0. The van der Waals surface area contributed by atoms with Crippen LogP contribution in [0.4, 0.5) is 0 Å². The standard InChI is InChI=1S/C18H26N2O2/c19-10-16-11-20(12-17(16)15-4-2-1-3-5-15)18(21)8-9-22-13-14-6-7-14/h1-5,14,16-17H,6-13,19H2/t16-,17+/m1/s1. The van der Waals surface area contributed by atoms with Crippen LogP contribution in [0.3, 0.4) is 0 Å². The zero-order valence-corrected chi connectivity index (χ0v) is 13.1. The van der Waals surface area contributed by atoms with Crippen molar-refractivity contribution in [3.63, 3.8) is 0 Å². The van der Waals surface area contributed by atoms with E-state index < -0.39 is 0 Å². The fourth-order valence-electron chi connectivity index (χ4n) is 3.24. The van der Waals surface area contributed by atoms with Gasteiger partial charge >= 0.3 is 0 Å². The van der Waals surface area contributed by atoms with E-state index in [1.807, 2.05) is 11.0 Å². The summed E-state index contributed by atoms with van der Waals surface area (Å²) in [5.74, 6) is 1.68. The van der Waals surface area contributed by atoms with Gasteiger partial charge in [-0.05, 0) is 36.8 Å². The van der Waals surface area contributed by atoms with Crippen LogP contribution >= 0.6 is 0 Å². The van der Waals surface area contributed by atoms with E-state index in [1.54, 1.807) is 0 Å². The van der Waals surface area contributed by atoms with E-state index in [-0.39, 0.29) is 5.91 Å². The Bertz CT molecular complexity index is 487. The first-order chi connectivity index (χ1) is 10.8. The minimum Gasteiger partial charge on any atom is -0.381 e.